The highest BCUT2D eigenvalue weighted by Crippen LogP contribution is 2.48. The van der Waals surface area contributed by atoms with Gasteiger partial charge >= 0.3 is 0 Å². The van der Waals surface area contributed by atoms with Crippen LogP contribution in [0.5, 0.6) is 46.0 Å². The van der Waals surface area contributed by atoms with E-state index in [2.05, 4.69) is 0 Å². The third kappa shape index (κ3) is 16.4. The Labute approximate surface area is 660 Å². The van der Waals surface area contributed by atoms with Crippen LogP contribution in [-0.2, 0) is 44.7 Å². The number of nitrogens with zero attached hydrogens (tertiary/aromatic N) is 4. The fourth-order valence-electron chi connectivity index (χ4n) is 10.3. The highest BCUT2D eigenvalue weighted by Gasteiger charge is 2.43. The van der Waals surface area contributed by atoms with Gasteiger partial charge in [-0.15, -0.1) is 0 Å². The molecule has 0 amide bonds. The van der Waals surface area contributed by atoms with Gasteiger partial charge in [-0.1, -0.05) is 68.0 Å². The molecule has 0 radical (unpaired) electrons. The Hall–Kier alpha value is -6.20. The van der Waals surface area contributed by atoms with Crippen molar-refractivity contribution in [2.24, 2.45) is 47.2 Å². The second-order valence-corrected chi connectivity index (χ2v) is 21.8. The number of piperidine rings is 4. The number of ketones is 4. The highest BCUT2D eigenvalue weighted by atomic mass is 16.5. The largest absolute Gasteiger partial charge is 0.493 e. The van der Waals surface area contributed by atoms with E-state index < -0.39 is 372 Å². The normalized spacial score (nSPS) is 49.4. The summed E-state index contributed by atoms with van der Waals surface area (Å²) in [5.74, 6) is -31.6. The van der Waals surface area contributed by atoms with Crippen molar-refractivity contribution in [2.75, 3.05) is 108 Å². The monoisotopic (exact) mass is 1370 g/mol. The summed E-state index contributed by atoms with van der Waals surface area (Å²) in [6.45, 7) is -23.1. The molecule has 8 aliphatic rings. The second-order valence-electron chi connectivity index (χ2n) is 21.8. The van der Waals surface area contributed by atoms with Gasteiger partial charge in [0.15, 0.2) is 46.0 Å². The summed E-state index contributed by atoms with van der Waals surface area (Å²) >= 11 is 0. The van der Waals surface area contributed by atoms with Crippen molar-refractivity contribution < 1.29 is 153 Å². The van der Waals surface area contributed by atoms with Gasteiger partial charge in [-0.05, 0) is 168 Å². The molecule has 0 bridgehead atoms. The van der Waals surface area contributed by atoms with Gasteiger partial charge in [0.1, 0.15) is 23.1 Å². The lowest BCUT2D eigenvalue weighted by Gasteiger charge is -2.43. The number of hydrogen-bond donors (Lipinski definition) is 0. The lowest BCUT2D eigenvalue weighted by Crippen LogP contribution is -2.46. The molecule has 4 aromatic carbocycles. The molecular weight excluding hydrogens is 1180 g/mol. The van der Waals surface area contributed by atoms with E-state index in [9.17, 15) is 21.9 Å². The molecule has 16 nitrogen and oxygen atoms in total. The summed E-state index contributed by atoms with van der Waals surface area (Å²) in [7, 11) is -25.8. The van der Waals surface area contributed by atoms with Crippen molar-refractivity contribution in [3.63, 3.8) is 0 Å². The third-order valence-corrected chi connectivity index (χ3v) is 14.8. The molecule has 10 atom stereocenters. The molecule has 16 heteroatoms. The van der Waals surface area contributed by atoms with Crippen LogP contribution >= 0.6 is 0 Å². The van der Waals surface area contributed by atoms with Crippen LogP contribution in [0.15, 0.2) is 48.5 Å². The van der Waals surface area contributed by atoms with E-state index in [-0.39, 0.29) is 34.5 Å². The topological polar surface area (TPSA) is 155 Å². The molecule has 8 aliphatic heterocycles. The van der Waals surface area contributed by atoms with Gasteiger partial charge in [-0.3, -0.25) is 38.8 Å². The fraction of sp³-hybridized carbons (Fsp3) is 0.641. The lowest BCUT2D eigenvalue weighted by atomic mass is 9.79. The molecule has 94 heavy (non-hydrogen) atoms. The number of hydrogen-bond acceptors (Lipinski definition) is 16. The first kappa shape index (κ1) is 24.1. The summed E-state index contributed by atoms with van der Waals surface area (Å²) < 4.78 is 609. The molecule has 0 saturated carbocycles. The minimum absolute atomic E-state index is 0.0309. The van der Waals surface area contributed by atoms with Gasteiger partial charge in [0, 0.05) is 183 Å². The number of benzene rings is 4. The number of fused-ring (bicyclic) bond motifs is 12. The Kier molecular flexibility index (Phi) is 8.37. The maximum absolute atomic E-state index is 14.0. The van der Waals surface area contributed by atoms with Crippen LogP contribution in [0.25, 0.3) is 0 Å². The van der Waals surface area contributed by atoms with E-state index in [0.29, 0.717) is 60.0 Å². The average Bonchev–Trinajstić information content (AvgIpc) is 0.656. The van der Waals surface area contributed by atoms with Crippen LogP contribution in [0.3, 0.4) is 0 Å². The van der Waals surface area contributed by atoms with Crippen molar-refractivity contribution in [1.29, 1.82) is 0 Å². The summed E-state index contributed by atoms with van der Waals surface area (Å²) in [4.78, 5) is 54.8. The molecule has 8 heterocycles. The first-order chi connectivity index (χ1) is 71.7. The van der Waals surface area contributed by atoms with Gasteiger partial charge < -0.3 is 37.9 Å². The van der Waals surface area contributed by atoms with Crippen LogP contribution in [0, 0.1) is 47.2 Å². The molecule has 4 fully saturated rings. The van der Waals surface area contributed by atoms with Crippen LogP contribution in [0.4, 0.5) is 0 Å². The van der Waals surface area contributed by atoms with E-state index in [1.165, 1.54) is 0 Å². The van der Waals surface area contributed by atoms with Gasteiger partial charge in [0.05, 0.1) is 94.7 Å². The Balaban J connectivity index is 0.000000242. The SMILES string of the molecule is [2H]C([2H])([2H])Oc1cc2c(cc1OC([2H])([2H])[2H])C([2H])([2H])C([2H])([2H])N1C2([2H])CC(=O)C(C([2H])([2H])C([2H])(C([2H])([2H])[2H])C([2H])([2H])C)C1([2H])[2H].[2H]C([2H])([2H])Oc1cc2c(cc1OC([2H])([2H])[2H])C([2H])([2H])C([2H])([2H])N1C2([2H])CC(=O)C(CC(C)C)C1([2H])[2H].[2H]C([2H])([2H])Oc1cc2c(cc1OC([2H])([2H])[2H])C1([2H])N(CC([2H])(C([2H])([2H])C([2H])(C([2H])([2H])[2H])C([2H])([2H])C)C(=O)C1([2H])[2H])C([2H])([2H])C2([2H])[2H].[2H]C([2H])([2H])Oc1cc2c(cc1OC([2H])([2H])[2H])C1([2H])N(CC([2H])(CC(C)C)C(=O)C1([2H])[2H])C([2H])([2H])C2([2H])[2H]. The van der Waals surface area contributed by atoms with Crippen molar-refractivity contribution in [2.45, 2.75) is 169 Å². The number of aryl methyl sites for hydroxylation is 4. The van der Waals surface area contributed by atoms with Gasteiger partial charge in [-0.2, -0.15) is 0 Å². The zero-order valence-corrected chi connectivity index (χ0v) is 50.9. The van der Waals surface area contributed by atoms with E-state index in [1.807, 2.05) is 0 Å². The smallest absolute Gasteiger partial charge is 0.161 e. The number of Topliss-reactive ketones (excluding diaryl/α,β-unsaturated/α-hetero) is 4. The predicted octanol–water partition coefficient (Wildman–Crippen LogP) is 13.7. The van der Waals surface area contributed by atoms with Crippen molar-refractivity contribution >= 4 is 23.1 Å². The van der Waals surface area contributed by atoms with Gasteiger partial charge in [-0.25, -0.2) is 0 Å². The van der Waals surface area contributed by atoms with Crippen molar-refractivity contribution in [1.82, 2.24) is 19.6 Å². The summed E-state index contributed by atoms with van der Waals surface area (Å²) in [6.07, 6.45) is -37.5. The molecule has 4 aromatic rings. The molecule has 0 spiro atoms. The standard InChI is InChI=1S/2C20H29NO3.2C19H27NO3/c2*1-5-13(2)8-15-12-21-7-6-14-9-19(23-3)20(24-4)10-16(14)17(21)11-18(15)22;2*1-12(2)7-14-11-20-6-5-13-8-18(22-3)19(23-4)9-15(13)16(20)10-17(14)21/h2*9-10,13,15,17H,5-8,11-12H2,1-4H3;2*8-9,12,14,16H,5-7,10-11H2,1-4H3/i2D3,3D3,4D3,5D2,6D2,7D2,8D2,11D2,13D,15D,17D;2D3,3D3,4D3,5D2,6D2,7D2,8D2,12D2,13D,17D;3D3,4D3,5D2,6D2,10D2,14D,16D;3D3,4D3,5D2,6D2,11D2,16D. The third-order valence-electron chi connectivity index (χ3n) is 14.8. The van der Waals surface area contributed by atoms with E-state index in [4.69, 9.17) is 131 Å². The Morgan fingerprint density at radius 3 is 1.15 bits per heavy atom. The maximum atomic E-state index is 14.0. The number of carbonyl (C=O) groups is 4. The summed E-state index contributed by atoms with van der Waals surface area (Å²) in [5, 5.41) is 0. The zero-order valence-electron chi connectivity index (χ0n) is 121. The molecular formula is C78H112N4O12. The lowest BCUT2D eigenvalue weighted by molar-refractivity contribution is -0.130. The number of rotatable bonds is 18. The summed E-state index contributed by atoms with van der Waals surface area (Å²) in [5.41, 5.74) is -6.10. The predicted molar refractivity (Wildman–Crippen MR) is 370 cm³/mol. The zero-order chi connectivity index (χ0) is 129. The maximum Gasteiger partial charge on any atom is 0.161 e. The van der Waals surface area contributed by atoms with Gasteiger partial charge in [0.2, 0.25) is 0 Å². The molecule has 0 aliphatic carbocycles. The van der Waals surface area contributed by atoms with Crippen LogP contribution in [0.2, 0.25) is 0 Å². The van der Waals surface area contributed by atoms with Crippen LogP contribution in [-0.4, -0.2) is 151 Å². The number of ether oxygens (including phenoxy) is 8. The summed E-state index contributed by atoms with van der Waals surface area (Å²) in [6, 6.07) is -7.17. The van der Waals surface area contributed by atoms with Crippen LogP contribution < -0.4 is 37.9 Å². The number of carbonyl (C=O) groups excluding carboxylic acids is 4. The molecule has 12 rings (SSSR count). The number of methoxy groups -OCH3 is 8. The molecule has 0 N–H and O–H groups in total. The minimum atomic E-state index is -4.20. The first-order valence-corrected chi connectivity index (χ1v) is 28.3. The second kappa shape index (κ2) is 32.7. The molecule has 4 saturated heterocycles. The minimum Gasteiger partial charge on any atom is -0.493 e. The fourth-order valence-corrected chi connectivity index (χ4v) is 10.3. The molecule has 10 unspecified atom stereocenters. The van der Waals surface area contributed by atoms with Crippen LogP contribution in [0.1, 0.15) is 284 Å². The quantitative estimate of drug-likeness (QED) is 0.0926. The Bertz CT molecular complexity index is 6390. The first-order valence-electron chi connectivity index (χ1n) is 63.3. The van der Waals surface area contributed by atoms with Gasteiger partial charge in [0.25, 0.3) is 0 Å². The Morgan fingerprint density at radius 1 is 0.447 bits per heavy atom. The Morgan fingerprint density at radius 2 is 0.777 bits per heavy atom. The average molecular weight is 1370 g/mol. The molecule has 0 aromatic heterocycles. The van der Waals surface area contributed by atoms with E-state index >= 15 is 0 Å². The highest BCUT2D eigenvalue weighted by molar-refractivity contribution is 5.85. The van der Waals surface area contributed by atoms with E-state index in [1.54, 1.807) is 27.7 Å². The van der Waals surface area contributed by atoms with E-state index in [0.717, 1.165) is 12.1 Å². The van der Waals surface area contributed by atoms with Crippen molar-refractivity contribution in [3.8, 4) is 46.0 Å². The van der Waals surface area contributed by atoms with Crippen molar-refractivity contribution in [3.05, 3.63) is 93.0 Å². The molecule has 516 valence electrons.